The van der Waals surface area contributed by atoms with Gasteiger partial charge in [0.15, 0.2) is 5.78 Å². The van der Waals surface area contributed by atoms with Gasteiger partial charge in [-0.05, 0) is 59.1 Å². The summed E-state index contributed by atoms with van der Waals surface area (Å²) in [6.45, 7) is 3.97. The largest absolute Gasteiger partial charge is 0.293 e. The maximum atomic E-state index is 12.3. The van der Waals surface area contributed by atoms with E-state index in [1.807, 2.05) is 44.2 Å². The predicted octanol–water partition coefficient (Wildman–Crippen LogP) is 4.06. The molecule has 2 rings (SSSR count). The van der Waals surface area contributed by atoms with Gasteiger partial charge in [-0.15, -0.1) is 0 Å². The van der Waals surface area contributed by atoms with Gasteiger partial charge in [0.25, 0.3) is 0 Å². The Labute approximate surface area is 129 Å². The van der Waals surface area contributed by atoms with Crippen LogP contribution in [0, 0.1) is 13.8 Å². The van der Waals surface area contributed by atoms with Crippen molar-refractivity contribution in [3.63, 3.8) is 0 Å². The Bertz CT molecular complexity index is 680. The monoisotopic (exact) mass is 350 g/mol. The third-order valence-electron chi connectivity index (χ3n) is 3.17. The molecule has 0 aliphatic heterocycles. The molecule has 0 heterocycles. The Balaban J connectivity index is 2.17. The molecule has 0 aromatic heterocycles. The van der Waals surface area contributed by atoms with Crippen LogP contribution >= 0.6 is 15.9 Å². The molecule has 0 spiro atoms. The van der Waals surface area contributed by atoms with E-state index in [9.17, 15) is 9.00 Å². The molecule has 4 heteroatoms. The number of rotatable bonds is 4. The lowest BCUT2D eigenvalue weighted by Gasteiger charge is -2.06. The summed E-state index contributed by atoms with van der Waals surface area (Å²) in [6, 6.07) is 12.8. The fraction of sp³-hybridized carbons (Fsp3) is 0.188. The highest BCUT2D eigenvalue weighted by Gasteiger charge is 2.14. The topological polar surface area (TPSA) is 34.1 Å². The summed E-state index contributed by atoms with van der Waals surface area (Å²) in [5, 5.41) is 0. The van der Waals surface area contributed by atoms with Gasteiger partial charge in [-0.25, -0.2) is 0 Å². The van der Waals surface area contributed by atoms with Crippen molar-refractivity contribution in [3.05, 3.63) is 63.6 Å². The Morgan fingerprint density at radius 1 is 1.10 bits per heavy atom. The zero-order valence-electron chi connectivity index (χ0n) is 11.4. The molecule has 0 saturated heterocycles. The standard InChI is InChI=1S/C16H15BrO2S/c1-11-7-8-13(9-12(11)2)15(18)10-20(19)16-6-4-3-5-14(16)17/h3-9H,10H2,1-2H3. The molecule has 0 saturated carbocycles. The van der Waals surface area contributed by atoms with Crippen LogP contribution in [0.1, 0.15) is 21.5 Å². The fourth-order valence-corrected chi connectivity index (χ4v) is 3.73. The van der Waals surface area contributed by atoms with Gasteiger partial charge in [-0.3, -0.25) is 9.00 Å². The first-order valence-electron chi connectivity index (χ1n) is 6.22. The van der Waals surface area contributed by atoms with Crippen molar-refractivity contribution in [1.82, 2.24) is 0 Å². The van der Waals surface area contributed by atoms with Gasteiger partial charge < -0.3 is 0 Å². The van der Waals surface area contributed by atoms with Crippen LogP contribution in [-0.4, -0.2) is 15.7 Å². The average Bonchev–Trinajstić information content (AvgIpc) is 2.42. The second-order valence-electron chi connectivity index (χ2n) is 4.64. The van der Waals surface area contributed by atoms with E-state index < -0.39 is 10.8 Å². The third kappa shape index (κ3) is 3.44. The van der Waals surface area contributed by atoms with Gasteiger partial charge in [0.05, 0.1) is 21.4 Å². The van der Waals surface area contributed by atoms with Crippen molar-refractivity contribution in [2.75, 3.05) is 5.75 Å². The molecule has 2 aromatic rings. The smallest absolute Gasteiger partial charge is 0.175 e. The van der Waals surface area contributed by atoms with Crippen LogP contribution < -0.4 is 0 Å². The summed E-state index contributed by atoms with van der Waals surface area (Å²) < 4.78 is 13.0. The minimum atomic E-state index is -1.33. The number of aryl methyl sites for hydroxylation is 2. The predicted molar refractivity (Wildman–Crippen MR) is 85.7 cm³/mol. The maximum Gasteiger partial charge on any atom is 0.175 e. The summed E-state index contributed by atoms with van der Waals surface area (Å²) >= 11 is 3.36. The molecular formula is C16H15BrO2S. The van der Waals surface area contributed by atoms with Crippen molar-refractivity contribution >= 4 is 32.5 Å². The highest BCUT2D eigenvalue weighted by Crippen LogP contribution is 2.20. The Kier molecular flexibility index (Phi) is 4.89. The zero-order valence-corrected chi connectivity index (χ0v) is 13.8. The van der Waals surface area contributed by atoms with E-state index in [2.05, 4.69) is 15.9 Å². The molecule has 0 bridgehead atoms. The van der Waals surface area contributed by atoms with E-state index in [-0.39, 0.29) is 11.5 Å². The van der Waals surface area contributed by atoms with E-state index in [1.54, 1.807) is 12.1 Å². The molecule has 1 unspecified atom stereocenters. The first-order chi connectivity index (χ1) is 9.49. The van der Waals surface area contributed by atoms with Gasteiger partial charge in [0.1, 0.15) is 0 Å². The SMILES string of the molecule is Cc1ccc(C(=O)CS(=O)c2ccccc2Br)cc1C. The highest BCUT2D eigenvalue weighted by atomic mass is 79.9. The summed E-state index contributed by atoms with van der Waals surface area (Å²) in [5.74, 6) is -0.0901. The van der Waals surface area contributed by atoms with Gasteiger partial charge in [0, 0.05) is 10.0 Å². The molecule has 2 nitrogen and oxygen atoms in total. The number of hydrogen-bond donors (Lipinski definition) is 0. The molecular weight excluding hydrogens is 336 g/mol. The maximum absolute atomic E-state index is 12.3. The van der Waals surface area contributed by atoms with E-state index >= 15 is 0 Å². The lowest BCUT2D eigenvalue weighted by Crippen LogP contribution is -2.11. The van der Waals surface area contributed by atoms with E-state index in [1.165, 1.54) is 0 Å². The van der Waals surface area contributed by atoms with E-state index in [0.717, 1.165) is 15.6 Å². The molecule has 0 radical (unpaired) electrons. The summed E-state index contributed by atoms with van der Waals surface area (Å²) in [7, 11) is -1.33. The number of carbonyl (C=O) groups is 1. The van der Waals surface area contributed by atoms with Gasteiger partial charge in [-0.2, -0.15) is 0 Å². The first-order valence-corrected chi connectivity index (χ1v) is 8.33. The van der Waals surface area contributed by atoms with Crippen LogP contribution in [0.4, 0.5) is 0 Å². The van der Waals surface area contributed by atoms with Crippen LogP contribution in [0.25, 0.3) is 0 Å². The molecule has 0 N–H and O–H groups in total. The molecule has 0 amide bonds. The number of carbonyl (C=O) groups excluding carboxylic acids is 1. The van der Waals surface area contributed by atoms with Crippen LogP contribution in [0.15, 0.2) is 51.8 Å². The molecule has 2 aromatic carbocycles. The van der Waals surface area contributed by atoms with E-state index in [4.69, 9.17) is 0 Å². The van der Waals surface area contributed by atoms with Gasteiger partial charge >= 0.3 is 0 Å². The minimum absolute atomic E-state index is 0.00507. The third-order valence-corrected chi connectivity index (χ3v) is 5.50. The normalized spacial score (nSPS) is 12.2. The van der Waals surface area contributed by atoms with Gasteiger partial charge in [0.2, 0.25) is 0 Å². The molecule has 1 atom stereocenters. The summed E-state index contributed by atoms with van der Waals surface area (Å²) in [4.78, 5) is 12.9. The summed E-state index contributed by atoms with van der Waals surface area (Å²) in [5.41, 5.74) is 2.84. The van der Waals surface area contributed by atoms with Crippen molar-refractivity contribution in [1.29, 1.82) is 0 Å². The molecule has 104 valence electrons. The number of benzene rings is 2. The quantitative estimate of drug-likeness (QED) is 0.779. The van der Waals surface area contributed by atoms with Crippen molar-refractivity contribution < 1.29 is 9.00 Å². The average molecular weight is 351 g/mol. The Morgan fingerprint density at radius 2 is 1.80 bits per heavy atom. The van der Waals surface area contributed by atoms with Crippen molar-refractivity contribution in [3.8, 4) is 0 Å². The highest BCUT2D eigenvalue weighted by molar-refractivity contribution is 9.10. The molecule has 0 aliphatic carbocycles. The van der Waals surface area contributed by atoms with Crippen molar-refractivity contribution in [2.24, 2.45) is 0 Å². The Morgan fingerprint density at radius 3 is 2.45 bits per heavy atom. The number of ketones is 1. The molecule has 20 heavy (non-hydrogen) atoms. The molecule has 0 aliphatic rings. The molecule has 0 fully saturated rings. The van der Waals surface area contributed by atoms with Gasteiger partial charge in [-0.1, -0.05) is 24.3 Å². The number of Topliss-reactive ketones (excluding diaryl/α,β-unsaturated/α-hetero) is 1. The summed E-state index contributed by atoms with van der Waals surface area (Å²) in [6.07, 6.45) is 0. The fourth-order valence-electron chi connectivity index (χ4n) is 1.82. The lowest BCUT2D eigenvalue weighted by molar-refractivity contribution is 0.102. The van der Waals surface area contributed by atoms with E-state index in [0.29, 0.717) is 10.5 Å². The number of halogens is 1. The second-order valence-corrected chi connectivity index (χ2v) is 6.92. The van der Waals surface area contributed by atoms with Crippen LogP contribution in [-0.2, 0) is 10.8 Å². The van der Waals surface area contributed by atoms with Crippen LogP contribution in [0.2, 0.25) is 0 Å². The number of hydrogen-bond acceptors (Lipinski definition) is 2. The van der Waals surface area contributed by atoms with Crippen LogP contribution in [0.3, 0.4) is 0 Å². The lowest BCUT2D eigenvalue weighted by atomic mass is 10.0. The second kappa shape index (κ2) is 6.46. The van der Waals surface area contributed by atoms with Crippen LogP contribution in [0.5, 0.6) is 0 Å². The van der Waals surface area contributed by atoms with Crippen molar-refractivity contribution in [2.45, 2.75) is 18.7 Å². The first kappa shape index (κ1) is 15.1. The zero-order chi connectivity index (χ0) is 14.7. The minimum Gasteiger partial charge on any atom is -0.293 e. The Hall–Kier alpha value is -1.26.